The van der Waals surface area contributed by atoms with E-state index in [1.807, 2.05) is 30.3 Å². The van der Waals surface area contributed by atoms with Crippen molar-refractivity contribution >= 4 is 16.1 Å². The molecule has 0 saturated carbocycles. The summed E-state index contributed by atoms with van der Waals surface area (Å²) >= 11 is 0. The second-order valence-electron chi connectivity index (χ2n) is 5.60. The number of ether oxygens (including phenoxy) is 1. The van der Waals surface area contributed by atoms with E-state index >= 15 is 0 Å². The van der Waals surface area contributed by atoms with Gasteiger partial charge < -0.3 is 4.74 Å². The number of hydrogen-bond donors (Lipinski definition) is 0. The van der Waals surface area contributed by atoms with Gasteiger partial charge in [-0.1, -0.05) is 48.5 Å². The van der Waals surface area contributed by atoms with Gasteiger partial charge in [0.25, 0.3) is 10.1 Å². The van der Waals surface area contributed by atoms with Gasteiger partial charge in [-0.15, -0.1) is 0 Å². The summed E-state index contributed by atoms with van der Waals surface area (Å²) in [5, 5.41) is 0. The van der Waals surface area contributed by atoms with Crippen molar-refractivity contribution in [3.05, 3.63) is 65.7 Å². The lowest BCUT2D eigenvalue weighted by Crippen LogP contribution is -2.12. The predicted molar refractivity (Wildman–Crippen MR) is 94.7 cm³/mol. The van der Waals surface area contributed by atoms with Gasteiger partial charge in [0.1, 0.15) is 0 Å². The largest absolute Gasteiger partial charge is 0.465 e. The van der Waals surface area contributed by atoms with Gasteiger partial charge in [0.15, 0.2) is 0 Å². The highest BCUT2D eigenvalue weighted by atomic mass is 32.2. The maximum absolute atomic E-state index is 12.1. The normalized spacial score (nSPS) is 11.2. The van der Waals surface area contributed by atoms with Crippen molar-refractivity contribution < 1.29 is 22.1 Å². The van der Waals surface area contributed by atoms with E-state index in [-0.39, 0.29) is 30.3 Å². The monoisotopic (exact) mass is 362 g/mol. The Labute approximate surface area is 148 Å². The topological polar surface area (TPSA) is 69.7 Å². The van der Waals surface area contributed by atoms with Crippen LogP contribution in [0.3, 0.4) is 0 Å². The summed E-state index contributed by atoms with van der Waals surface area (Å²) in [7, 11) is -3.79. The molecule has 0 N–H and O–H groups in total. The number of hydrogen-bond acceptors (Lipinski definition) is 5. The molecule has 0 aromatic heterocycles. The summed E-state index contributed by atoms with van der Waals surface area (Å²) in [5.74, 6) is -0.354. The summed E-state index contributed by atoms with van der Waals surface area (Å²) in [6.45, 7) is 1.97. The van der Waals surface area contributed by atoms with Gasteiger partial charge in [-0.3, -0.25) is 8.98 Å². The molecule has 0 aliphatic heterocycles. The van der Waals surface area contributed by atoms with Crippen LogP contribution in [-0.4, -0.2) is 27.6 Å². The Morgan fingerprint density at radius 2 is 1.64 bits per heavy atom. The molecule has 0 atom stereocenters. The summed E-state index contributed by atoms with van der Waals surface area (Å²) in [4.78, 5) is 11.8. The van der Waals surface area contributed by atoms with Crippen molar-refractivity contribution in [1.29, 1.82) is 0 Å². The Balaban J connectivity index is 1.67. The molecule has 0 bridgehead atoms. The average molecular weight is 362 g/mol. The van der Waals surface area contributed by atoms with Crippen LogP contribution in [0.2, 0.25) is 0 Å². The minimum absolute atomic E-state index is 0.0511. The molecular formula is C19H22O5S. The first-order chi connectivity index (χ1) is 12.0. The molecule has 25 heavy (non-hydrogen) atoms. The first kappa shape index (κ1) is 19.1. The predicted octanol–water partition coefficient (Wildman–Crippen LogP) is 3.27. The fourth-order valence-electron chi connectivity index (χ4n) is 2.29. The van der Waals surface area contributed by atoms with E-state index in [2.05, 4.69) is 0 Å². The fourth-order valence-corrected chi connectivity index (χ4v) is 3.46. The van der Waals surface area contributed by atoms with Gasteiger partial charge in [-0.05, 0) is 30.5 Å². The minimum atomic E-state index is -3.79. The Morgan fingerprint density at radius 3 is 2.36 bits per heavy atom. The third kappa shape index (κ3) is 6.32. The van der Waals surface area contributed by atoms with Gasteiger partial charge in [0.05, 0.1) is 18.1 Å². The maximum atomic E-state index is 12.1. The van der Waals surface area contributed by atoms with Crippen LogP contribution in [0.1, 0.15) is 24.0 Å². The lowest BCUT2D eigenvalue weighted by Gasteiger charge is -2.08. The van der Waals surface area contributed by atoms with Gasteiger partial charge in [-0.25, -0.2) is 0 Å². The maximum Gasteiger partial charge on any atom is 0.305 e. The summed E-state index contributed by atoms with van der Waals surface area (Å²) in [5.41, 5.74) is 1.73. The van der Waals surface area contributed by atoms with Crippen molar-refractivity contribution in [3.8, 4) is 0 Å². The average Bonchev–Trinajstić information content (AvgIpc) is 2.60. The number of aryl methyl sites for hydroxylation is 1. The van der Waals surface area contributed by atoms with E-state index in [0.29, 0.717) is 18.6 Å². The lowest BCUT2D eigenvalue weighted by atomic mass is 10.2. The van der Waals surface area contributed by atoms with E-state index in [1.165, 1.54) is 6.07 Å². The van der Waals surface area contributed by atoms with Crippen LogP contribution in [0.15, 0.2) is 59.5 Å². The second kappa shape index (κ2) is 9.34. The summed E-state index contributed by atoms with van der Waals surface area (Å²) in [6, 6.07) is 16.4. The van der Waals surface area contributed by atoms with E-state index in [0.717, 1.165) is 5.56 Å². The zero-order chi connectivity index (χ0) is 18.1. The molecule has 0 unspecified atom stereocenters. The smallest absolute Gasteiger partial charge is 0.305 e. The zero-order valence-corrected chi connectivity index (χ0v) is 15.0. The van der Waals surface area contributed by atoms with E-state index in [4.69, 9.17) is 8.92 Å². The van der Waals surface area contributed by atoms with Crippen molar-refractivity contribution in [1.82, 2.24) is 0 Å². The molecule has 0 fully saturated rings. The van der Waals surface area contributed by atoms with Crippen LogP contribution >= 0.6 is 0 Å². The van der Waals surface area contributed by atoms with Crippen molar-refractivity contribution in [2.45, 2.75) is 31.1 Å². The van der Waals surface area contributed by atoms with E-state index in [1.54, 1.807) is 25.1 Å². The van der Waals surface area contributed by atoms with Gasteiger partial charge in [-0.2, -0.15) is 8.42 Å². The van der Waals surface area contributed by atoms with Crippen LogP contribution in [0.25, 0.3) is 0 Å². The molecule has 5 nitrogen and oxygen atoms in total. The fraction of sp³-hybridized carbons (Fsp3) is 0.316. The second-order valence-corrected chi connectivity index (χ2v) is 7.18. The van der Waals surface area contributed by atoms with Crippen LogP contribution in [0, 0.1) is 6.92 Å². The van der Waals surface area contributed by atoms with Crippen molar-refractivity contribution in [3.63, 3.8) is 0 Å². The Hall–Kier alpha value is -2.18. The number of benzene rings is 2. The number of rotatable bonds is 9. The lowest BCUT2D eigenvalue weighted by molar-refractivity contribution is -0.143. The zero-order valence-electron chi connectivity index (χ0n) is 14.2. The molecule has 2 aromatic carbocycles. The van der Waals surface area contributed by atoms with Crippen molar-refractivity contribution in [2.75, 3.05) is 13.2 Å². The van der Waals surface area contributed by atoms with Gasteiger partial charge in [0.2, 0.25) is 0 Å². The van der Waals surface area contributed by atoms with Crippen LogP contribution < -0.4 is 0 Å². The Bertz CT molecular complexity index is 784. The molecule has 0 spiro atoms. The van der Waals surface area contributed by atoms with Gasteiger partial charge >= 0.3 is 5.97 Å². The minimum Gasteiger partial charge on any atom is -0.465 e. The van der Waals surface area contributed by atoms with E-state index in [9.17, 15) is 13.2 Å². The molecule has 0 aliphatic carbocycles. The van der Waals surface area contributed by atoms with Gasteiger partial charge in [0, 0.05) is 12.8 Å². The molecule has 2 aromatic rings. The SMILES string of the molecule is Cc1ccccc1S(=O)(=O)OCCCC(=O)OCCc1ccccc1. The number of carbonyl (C=O) groups is 1. The highest BCUT2D eigenvalue weighted by molar-refractivity contribution is 7.86. The summed E-state index contributed by atoms with van der Waals surface area (Å²) in [6.07, 6.45) is 1.07. The number of esters is 1. The molecule has 0 saturated heterocycles. The molecule has 134 valence electrons. The Kier molecular flexibility index (Phi) is 7.16. The highest BCUT2D eigenvalue weighted by Gasteiger charge is 2.17. The van der Waals surface area contributed by atoms with E-state index < -0.39 is 10.1 Å². The summed E-state index contributed by atoms with van der Waals surface area (Å²) < 4.78 is 34.3. The molecule has 0 radical (unpaired) electrons. The van der Waals surface area contributed by atoms with Crippen molar-refractivity contribution in [2.24, 2.45) is 0 Å². The Morgan fingerprint density at radius 1 is 0.960 bits per heavy atom. The quantitative estimate of drug-likeness (QED) is 0.389. The van der Waals surface area contributed by atoms with Crippen LogP contribution in [0.4, 0.5) is 0 Å². The molecule has 0 amide bonds. The first-order valence-electron chi connectivity index (χ1n) is 8.13. The molecule has 0 aliphatic rings. The third-order valence-electron chi connectivity index (χ3n) is 3.62. The highest BCUT2D eigenvalue weighted by Crippen LogP contribution is 2.17. The molecule has 6 heteroatoms. The standard InChI is InChI=1S/C19H22O5S/c1-16-8-5-6-11-18(16)25(21,22)24-14-7-12-19(20)23-15-13-17-9-3-2-4-10-17/h2-6,8-11H,7,12-15H2,1H3. The third-order valence-corrected chi connectivity index (χ3v) is 5.10. The first-order valence-corrected chi connectivity index (χ1v) is 9.54. The van der Waals surface area contributed by atoms with Crippen LogP contribution in [0.5, 0.6) is 0 Å². The number of carbonyl (C=O) groups excluding carboxylic acids is 1. The van der Waals surface area contributed by atoms with Crippen LogP contribution in [-0.2, 0) is 30.3 Å². The molecule has 0 heterocycles. The molecular weight excluding hydrogens is 340 g/mol. The molecule has 2 rings (SSSR count).